The van der Waals surface area contributed by atoms with Crippen LogP contribution in [0.4, 0.5) is 5.95 Å². The van der Waals surface area contributed by atoms with Crippen LogP contribution in [0.25, 0.3) is 0 Å². The zero-order chi connectivity index (χ0) is 14.3. The van der Waals surface area contributed by atoms with Crippen molar-refractivity contribution in [2.45, 2.75) is 46.2 Å². The summed E-state index contributed by atoms with van der Waals surface area (Å²) >= 11 is 0. The molecule has 5 heteroatoms. The molecular weight excluding hydrogens is 242 g/mol. The van der Waals surface area contributed by atoms with E-state index in [0.29, 0.717) is 6.61 Å². The summed E-state index contributed by atoms with van der Waals surface area (Å²) in [5, 5.41) is 3.44. The summed E-state index contributed by atoms with van der Waals surface area (Å²) in [6, 6.07) is 0. The first-order chi connectivity index (χ1) is 8.98. The average molecular weight is 269 g/mol. The third-order valence-electron chi connectivity index (χ3n) is 2.74. The Bertz CT molecular complexity index is 375. The average Bonchev–Trinajstić information content (AvgIpc) is 2.64. The summed E-state index contributed by atoms with van der Waals surface area (Å²) in [6.45, 7) is 11.3. The molecule has 0 saturated carbocycles. The Morgan fingerprint density at radius 3 is 2.79 bits per heavy atom. The molecule has 0 bridgehead atoms. The number of imidazole rings is 1. The molecule has 0 spiro atoms. The molecule has 1 rings (SSSR count). The van der Waals surface area contributed by atoms with E-state index in [0.717, 1.165) is 37.8 Å². The molecule has 0 aliphatic heterocycles. The molecule has 0 aliphatic carbocycles. The molecule has 1 heterocycles. The fourth-order valence-electron chi connectivity index (χ4n) is 2.00. The second kappa shape index (κ2) is 7.50. The fraction of sp³-hybridized carbons (Fsp3) is 0.786. The number of anilines is 1. The van der Waals surface area contributed by atoms with Gasteiger partial charge in [0, 0.05) is 33.1 Å². The molecular formula is C14H27N3O2. The van der Waals surface area contributed by atoms with Gasteiger partial charge in [0.1, 0.15) is 0 Å². The van der Waals surface area contributed by atoms with Gasteiger partial charge in [-0.25, -0.2) is 4.98 Å². The Hall–Kier alpha value is -1.07. The van der Waals surface area contributed by atoms with Crippen LogP contribution in [0.5, 0.6) is 0 Å². The Kier molecular flexibility index (Phi) is 6.31. The highest BCUT2D eigenvalue weighted by molar-refractivity contribution is 5.32. The van der Waals surface area contributed by atoms with E-state index in [9.17, 15) is 0 Å². The summed E-state index contributed by atoms with van der Waals surface area (Å²) < 4.78 is 12.7. The number of nitrogens with zero attached hydrogens (tertiary/aromatic N) is 2. The van der Waals surface area contributed by atoms with Crippen LogP contribution in [0, 0.1) is 6.92 Å². The van der Waals surface area contributed by atoms with Crippen LogP contribution in [0.1, 0.15) is 32.9 Å². The Balaban J connectivity index is 2.62. The lowest BCUT2D eigenvalue weighted by Gasteiger charge is -2.26. The van der Waals surface area contributed by atoms with Gasteiger partial charge in [-0.2, -0.15) is 0 Å². The Morgan fingerprint density at radius 1 is 1.42 bits per heavy atom. The van der Waals surface area contributed by atoms with Gasteiger partial charge in [-0.3, -0.25) is 0 Å². The van der Waals surface area contributed by atoms with Crippen molar-refractivity contribution in [1.29, 1.82) is 0 Å². The quantitative estimate of drug-likeness (QED) is 0.700. The lowest BCUT2D eigenvalue weighted by Crippen LogP contribution is -2.37. The summed E-state index contributed by atoms with van der Waals surface area (Å²) in [5.41, 5.74) is 0.886. The number of aromatic nitrogens is 2. The SMILES string of the molecule is CCOCCCn1cc(C)nc1NC(C)(C)COC. The van der Waals surface area contributed by atoms with Crippen molar-refractivity contribution in [1.82, 2.24) is 9.55 Å². The minimum Gasteiger partial charge on any atom is -0.382 e. The number of hydrogen-bond donors (Lipinski definition) is 1. The van der Waals surface area contributed by atoms with Crippen molar-refractivity contribution in [3.63, 3.8) is 0 Å². The summed E-state index contributed by atoms with van der Waals surface area (Å²) in [7, 11) is 1.71. The van der Waals surface area contributed by atoms with Crippen molar-refractivity contribution >= 4 is 5.95 Å². The van der Waals surface area contributed by atoms with E-state index in [1.165, 1.54) is 0 Å². The smallest absolute Gasteiger partial charge is 0.203 e. The van der Waals surface area contributed by atoms with Crippen LogP contribution in [0.3, 0.4) is 0 Å². The summed E-state index contributed by atoms with van der Waals surface area (Å²) in [5.74, 6) is 0.899. The molecule has 110 valence electrons. The normalized spacial score (nSPS) is 11.8. The molecule has 0 radical (unpaired) electrons. The first-order valence-electron chi connectivity index (χ1n) is 6.87. The van der Waals surface area contributed by atoms with E-state index in [2.05, 4.69) is 34.9 Å². The molecule has 19 heavy (non-hydrogen) atoms. The van der Waals surface area contributed by atoms with Crippen LogP contribution in [0.15, 0.2) is 6.20 Å². The van der Waals surface area contributed by atoms with Gasteiger partial charge >= 0.3 is 0 Å². The molecule has 1 N–H and O–H groups in total. The molecule has 0 unspecified atom stereocenters. The van der Waals surface area contributed by atoms with E-state index in [1.807, 2.05) is 13.8 Å². The highest BCUT2D eigenvalue weighted by Crippen LogP contribution is 2.16. The minimum atomic E-state index is -0.135. The van der Waals surface area contributed by atoms with E-state index in [4.69, 9.17) is 9.47 Å². The van der Waals surface area contributed by atoms with Gasteiger partial charge in [0.2, 0.25) is 5.95 Å². The monoisotopic (exact) mass is 269 g/mol. The third kappa shape index (κ3) is 5.61. The third-order valence-corrected chi connectivity index (χ3v) is 2.74. The fourth-order valence-corrected chi connectivity index (χ4v) is 2.00. The number of nitrogens with one attached hydrogen (secondary N) is 1. The standard InChI is InChI=1S/C14H27N3O2/c1-6-19-9-7-8-17-10-12(2)15-13(17)16-14(3,4)11-18-5/h10H,6-9,11H2,1-5H3,(H,15,16). The van der Waals surface area contributed by atoms with Gasteiger partial charge in [-0.1, -0.05) is 0 Å². The van der Waals surface area contributed by atoms with Crippen molar-refractivity contribution in [3.05, 3.63) is 11.9 Å². The van der Waals surface area contributed by atoms with Crippen LogP contribution in [0.2, 0.25) is 0 Å². The number of methoxy groups -OCH3 is 1. The van der Waals surface area contributed by atoms with Gasteiger partial charge in [0.15, 0.2) is 0 Å². The zero-order valence-corrected chi connectivity index (χ0v) is 12.8. The molecule has 5 nitrogen and oxygen atoms in total. The molecule has 0 aromatic carbocycles. The number of aryl methyl sites for hydroxylation is 2. The topological polar surface area (TPSA) is 48.3 Å². The van der Waals surface area contributed by atoms with Crippen LogP contribution >= 0.6 is 0 Å². The number of ether oxygens (including phenoxy) is 2. The van der Waals surface area contributed by atoms with Gasteiger partial charge in [0.25, 0.3) is 0 Å². The van der Waals surface area contributed by atoms with Crippen LogP contribution < -0.4 is 5.32 Å². The maximum absolute atomic E-state index is 5.37. The van der Waals surface area contributed by atoms with Crippen molar-refractivity contribution in [3.8, 4) is 0 Å². The number of hydrogen-bond acceptors (Lipinski definition) is 4. The maximum Gasteiger partial charge on any atom is 0.203 e. The molecule has 0 atom stereocenters. The highest BCUT2D eigenvalue weighted by Gasteiger charge is 2.19. The van der Waals surface area contributed by atoms with Crippen molar-refractivity contribution in [2.75, 3.05) is 32.2 Å². The van der Waals surface area contributed by atoms with Crippen molar-refractivity contribution < 1.29 is 9.47 Å². The summed E-state index contributed by atoms with van der Waals surface area (Å²) in [4.78, 5) is 4.53. The molecule has 0 aliphatic rings. The lowest BCUT2D eigenvalue weighted by molar-refractivity contribution is 0.141. The molecule has 0 amide bonds. The molecule has 1 aromatic rings. The second-order valence-electron chi connectivity index (χ2n) is 5.39. The lowest BCUT2D eigenvalue weighted by atomic mass is 10.1. The van der Waals surface area contributed by atoms with E-state index < -0.39 is 0 Å². The molecule has 1 aromatic heterocycles. The number of rotatable bonds is 9. The largest absolute Gasteiger partial charge is 0.382 e. The first-order valence-corrected chi connectivity index (χ1v) is 6.87. The summed E-state index contributed by atoms with van der Waals surface area (Å²) in [6.07, 6.45) is 3.06. The van der Waals surface area contributed by atoms with E-state index in [1.54, 1.807) is 7.11 Å². The first kappa shape index (κ1) is 16.0. The van der Waals surface area contributed by atoms with Gasteiger partial charge < -0.3 is 19.4 Å². The second-order valence-corrected chi connectivity index (χ2v) is 5.39. The van der Waals surface area contributed by atoms with Gasteiger partial charge in [0.05, 0.1) is 17.8 Å². The van der Waals surface area contributed by atoms with Crippen LogP contribution in [-0.2, 0) is 16.0 Å². The van der Waals surface area contributed by atoms with Crippen molar-refractivity contribution in [2.24, 2.45) is 0 Å². The Labute approximate surface area is 116 Å². The van der Waals surface area contributed by atoms with Crippen LogP contribution in [-0.4, -0.2) is 42.0 Å². The predicted molar refractivity (Wildman–Crippen MR) is 77.7 cm³/mol. The molecule has 0 saturated heterocycles. The highest BCUT2D eigenvalue weighted by atomic mass is 16.5. The molecule has 0 fully saturated rings. The van der Waals surface area contributed by atoms with E-state index in [-0.39, 0.29) is 5.54 Å². The Morgan fingerprint density at radius 2 is 2.16 bits per heavy atom. The van der Waals surface area contributed by atoms with E-state index >= 15 is 0 Å². The van der Waals surface area contributed by atoms with Gasteiger partial charge in [-0.15, -0.1) is 0 Å². The zero-order valence-electron chi connectivity index (χ0n) is 12.8. The van der Waals surface area contributed by atoms with Gasteiger partial charge in [-0.05, 0) is 34.1 Å². The maximum atomic E-state index is 5.37. The predicted octanol–water partition coefficient (Wildman–Crippen LogP) is 2.46. The minimum absolute atomic E-state index is 0.135.